The van der Waals surface area contributed by atoms with Crippen molar-refractivity contribution in [2.45, 2.75) is 13.3 Å². The zero-order chi connectivity index (χ0) is 12.5. The van der Waals surface area contributed by atoms with Crippen LogP contribution in [0.3, 0.4) is 0 Å². The van der Waals surface area contributed by atoms with Gasteiger partial charge in [-0.15, -0.1) is 0 Å². The van der Waals surface area contributed by atoms with Crippen LogP contribution in [0.2, 0.25) is 0 Å². The summed E-state index contributed by atoms with van der Waals surface area (Å²) in [5.74, 6) is 0.144. The van der Waals surface area contributed by atoms with Gasteiger partial charge in [-0.05, 0) is 31.0 Å². The minimum Gasteiger partial charge on any atom is -0.508 e. The highest BCUT2D eigenvalue weighted by molar-refractivity contribution is 5.87. The quantitative estimate of drug-likeness (QED) is 0.603. The van der Waals surface area contributed by atoms with Gasteiger partial charge in [0.25, 0.3) is 0 Å². The Morgan fingerprint density at radius 1 is 1.41 bits per heavy atom. The zero-order valence-electron chi connectivity index (χ0n) is 9.89. The zero-order valence-corrected chi connectivity index (χ0v) is 9.89. The van der Waals surface area contributed by atoms with Crippen molar-refractivity contribution in [1.82, 2.24) is 5.32 Å². The maximum absolute atomic E-state index is 11.3. The summed E-state index contributed by atoms with van der Waals surface area (Å²) in [7, 11) is 0. The first kappa shape index (κ1) is 13.0. The second kappa shape index (κ2) is 7.28. The van der Waals surface area contributed by atoms with Crippen LogP contribution in [0.4, 0.5) is 0 Å². The van der Waals surface area contributed by atoms with Crippen LogP contribution in [-0.4, -0.2) is 17.6 Å². The highest BCUT2D eigenvalue weighted by Gasteiger charge is 1.96. The van der Waals surface area contributed by atoms with E-state index in [1.165, 1.54) is 6.08 Å². The van der Waals surface area contributed by atoms with Crippen LogP contribution >= 0.6 is 0 Å². The molecule has 3 nitrogen and oxygen atoms in total. The molecule has 90 valence electrons. The topological polar surface area (TPSA) is 49.3 Å². The number of hydrogen-bond donors (Lipinski definition) is 2. The van der Waals surface area contributed by atoms with Crippen molar-refractivity contribution >= 4 is 5.91 Å². The Labute approximate surface area is 101 Å². The third kappa shape index (κ3) is 5.56. The van der Waals surface area contributed by atoms with E-state index < -0.39 is 0 Å². The molecule has 0 heterocycles. The number of rotatable bonds is 5. The molecule has 1 amide bonds. The molecule has 1 rings (SSSR count). The molecule has 1 aromatic rings. The Morgan fingerprint density at radius 3 is 2.94 bits per heavy atom. The van der Waals surface area contributed by atoms with E-state index in [1.54, 1.807) is 30.4 Å². The van der Waals surface area contributed by atoms with Crippen LogP contribution in [0.1, 0.15) is 12.5 Å². The average molecular weight is 231 g/mol. The van der Waals surface area contributed by atoms with Gasteiger partial charge in [-0.25, -0.2) is 0 Å². The summed E-state index contributed by atoms with van der Waals surface area (Å²) in [6.45, 7) is 2.45. The molecule has 0 unspecified atom stereocenters. The predicted molar refractivity (Wildman–Crippen MR) is 68.8 cm³/mol. The van der Waals surface area contributed by atoms with Gasteiger partial charge in [-0.3, -0.25) is 4.79 Å². The van der Waals surface area contributed by atoms with E-state index in [0.717, 1.165) is 5.56 Å². The Kier molecular flexibility index (Phi) is 5.58. The lowest BCUT2D eigenvalue weighted by molar-refractivity contribution is -0.116. The molecule has 0 aliphatic carbocycles. The van der Waals surface area contributed by atoms with E-state index >= 15 is 0 Å². The Hall–Kier alpha value is -2.03. The first-order valence-corrected chi connectivity index (χ1v) is 5.57. The molecule has 0 aliphatic heterocycles. The van der Waals surface area contributed by atoms with E-state index in [4.69, 9.17) is 0 Å². The number of nitrogens with one attached hydrogen (secondary N) is 1. The van der Waals surface area contributed by atoms with Gasteiger partial charge in [0.05, 0.1) is 0 Å². The number of carbonyl (C=O) groups is 1. The van der Waals surface area contributed by atoms with Crippen LogP contribution in [0, 0.1) is 0 Å². The maximum Gasteiger partial charge on any atom is 0.243 e. The standard InChI is InChI=1S/C14H17NO2/c1-2-3-4-8-14(17)15-10-9-12-6-5-7-13(16)11-12/h2-8,11,16H,9-10H2,1H3,(H,15,17)/b3-2+,8-4+. The van der Waals surface area contributed by atoms with E-state index in [0.29, 0.717) is 13.0 Å². The lowest BCUT2D eigenvalue weighted by Crippen LogP contribution is -2.23. The van der Waals surface area contributed by atoms with E-state index in [-0.39, 0.29) is 11.7 Å². The van der Waals surface area contributed by atoms with Crippen LogP contribution < -0.4 is 5.32 Å². The molecule has 0 saturated heterocycles. The van der Waals surface area contributed by atoms with E-state index in [9.17, 15) is 9.90 Å². The lowest BCUT2D eigenvalue weighted by Gasteiger charge is -2.03. The van der Waals surface area contributed by atoms with E-state index in [1.807, 2.05) is 19.1 Å². The molecule has 0 bridgehead atoms. The van der Waals surface area contributed by atoms with Crippen molar-refractivity contribution in [1.29, 1.82) is 0 Å². The third-order valence-corrected chi connectivity index (χ3v) is 2.17. The maximum atomic E-state index is 11.3. The molecular weight excluding hydrogens is 214 g/mol. The third-order valence-electron chi connectivity index (χ3n) is 2.17. The lowest BCUT2D eigenvalue weighted by atomic mass is 10.1. The molecule has 1 aromatic carbocycles. The van der Waals surface area contributed by atoms with Crippen molar-refractivity contribution in [2.24, 2.45) is 0 Å². The second-order valence-corrected chi connectivity index (χ2v) is 3.60. The summed E-state index contributed by atoms with van der Waals surface area (Å²) in [6.07, 6.45) is 7.55. The van der Waals surface area contributed by atoms with Crippen molar-refractivity contribution in [3.8, 4) is 5.75 Å². The van der Waals surface area contributed by atoms with Gasteiger partial charge in [0.2, 0.25) is 5.91 Å². The highest BCUT2D eigenvalue weighted by atomic mass is 16.3. The van der Waals surface area contributed by atoms with Crippen molar-refractivity contribution in [3.63, 3.8) is 0 Å². The summed E-state index contributed by atoms with van der Waals surface area (Å²) >= 11 is 0. The summed E-state index contributed by atoms with van der Waals surface area (Å²) in [5.41, 5.74) is 1.00. The van der Waals surface area contributed by atoms with Crippen LogP contribution in [0.5, 0.6) is 5.75 Å². The number of allylic oxidation sites excluding steroid dienone is 3. The molecule has 0 fully saturated rings. The van der Waals surface area contributed by atoms with Crippen LogP contribution in [0.15, 0.2) is 48.6 Å². The Bertz CT molecular complexity index is 422. The van der Waals surface area contributed by atoms with E-state index in [2.05, 4.69) is 5.32 Å². The average Bonchev–Trinajstić information content (AvgIpc) is 2.29. The van der Waals surface area contributed by atoms with Crippen LogP contribution in [0.25, 0.3) is 0 Å². The predicted octanol–water partition coefficient (Wildman–Crippen LogP) is 2.18. The first-order valence-electron chi connectivity index (χ1n) is 5.57. The SMILES string of the molecule is C/C=C/C=C/C(=O)NCCc1cccc(O)c1. The number of benzene rings is 1. The van der Waals surface area contributed by atoms with Crippen molar-refractivity contribution in [3.05, 3.63) is 54.1 Å². The van der Waals surface area contributed by atoms with Crippen molar-refractivity contribution in [2.75, 3.05) is 6.54 Å². The summed E-state index contributed by atoms with van der Waals surface area (Å²) in [5, 5.41) is 12.0. The molecule has 2 N–H and O–H groups in total. The minimum absolute atomic E-state index is 0.108. The molecule has 0 aromatic heterocycles. The fraction of sp³-hybridized carbons (Fsp3) is 0.214. The van der Waals surface area contributed by atoms with Gasteiger partial charge >= 0.3 is 0 Å². The van der Waals surface area contributed by atoms with Gasteiger partial charge in [-0.2, -0.15) is 0 Å². The smallest absolute Gasteiger partial charge is 0.243 e. The summed E-state index contributed by atoms with van der Waals surface area (Å²) in [4.78, 5) is 11.3. The second-order valence-electron chi connectivity index (χ2n) is 3.60. The first-order chi connectivity index (χ1) is 8.22. The Balaban J connectivity index is 2.30. The van der Waals surface area contributed by atoms with Gasteiger partial charge < -0.3 is 10.4 Å². The number of carbonyl (C=O) groups excluding carboxylic acids is 1. The number of phenols is 1. The molecule has 0 aliphatic rings. The van der Waals surface area contributed by atoms with Crippen molar-refractivity contribution < 1.29 is 9.90 Å². The number of amides is 1. The van der Waals surface area contributed by atoms with Gasteiger partial charge in [0.1, 0.15) is 5.75 Å². The molecule has 0 spiro atoms. The number of aromatic hydroxyl groups is 1. The normalized spacial score (nSPS) is 11.1. The fourth-order valence-corrected chi connectivity index (χ4v) is 1.36. The number of hydrogen-bond acceptors (Lipinski definition) is 2. The minimum atomic E-state index is -0.108. The summed E-state index contributed by atoms with van der Waals surface area (Å²) < 4.78 is 0. The largest absolute Gasteiger partial charge is 0.508 e. The Morgan fingerprint density at radius 2 is 2.24 bits per heavy atom. The van der Waals surface area contributed by atoms with Gasteiger partial charge in [-0.1, -0.05) is 30.4 Å². The fourth-order valence-electron chi connectivity index (χ4n) is 1.36. The molecular formula is C14H17NO2. The van der Waals surface area contributed by atoms with Gasteiger partial charge in [0, 0.05) is 12.6 Å². The molecule has 0 radical (unpaired) electrons. The van der Waals surface area contributed by atoms with Crippen LogP contribution in [-0.2, 0) is 11.2 Å². The monoisotopic (exact) mass is 231 g/mol. The molecule has 0 atom stereocenters. The molecule has 3 heteroatoms. The highest BCUT2D eigenvalue weighted by Crippen LogP contribution is 2.10. The molecule has 17 heavy (non-hydrogen) atoms. The van der Waals surface area contributed by atoms with Gasteiger partial charge in [0.15, 0.2) is 0 Å². The summed E-state index contributed by atoms with van der Waals surface area (Å²) in [6, 6.07) is 7.03. The molecule has 0 saturated carbocycles. The number of phenolic OH excluding ortho intramolecular Hbond substituents is 1.